The smallest absolute Gasteiger partial charge is 0.325 e. The highest BCUT2D eigenvalue weighted by molar-refractivity contribution is 6.31. The van der Waals surface area contributed by atoms with Gasteiger partial charge in [0, 0.05) is 17.1 Å². The molecule has 154 valence electrons. The second kappa shape index (κ2) is 10.1. The Hall–Kier alpha value is -2.86. The summed E-state index contributed by atoms with van der Waals surface area (Å²) in [4.78, 5) is 35.7. The minimum Gasteiger partial charge on any atom is -0.454 e. The molecule has 0 aromatic heterocycles. The number of nitrogens with one attached hydrogen (secondary N) is 2. The highest BCUT2D eigenvalue weighted by Crippen LogP contribution is 2.22. The van der Waals surface area contributed by atoms with Gasteiger partial charge in [-0.3, -0.25) is 14.4 Å². The Bertz CT molecular complexity index is 873. The summed E-state index contributed by atoms with van der Waals surface area (Å²) in [6, 6.07) is 14.3. The number of amides is 2. The molecule has 0 atom stereocenters. The quantitative estimate of drug-likeness (QED) is 0.678. The standard InChI is InChI=1S/C22H25ClN2O4/c1-22(2,3)17-10-8-15(9-11-17)21(28)25-13-20(27)29-14-19(26)24-12-16-6-4-5-7-18(16)23/h4-11H,12-14H2,1-3H3,(H,24,26)(H,25,28). The average molecular weight is 417 g/mol. The fourth-order valence-corrected chi connectivity index (χ4v) is 2.66. The van der Waals surface area contributed by atoms with Gasteiger partial charge in [-0.15, -0.1) is 0 Å². The summed E-state index contributed by atoms with van der Waals surface area (Å²) in [5, 5.41) is 5.64. The van der Waals surface area contributed by atoms with Crippen molar-refractivity contribution in [2.45, 2.75) is 32.7 Å². The number of carbonyl (C=O) groups excluding carboxylic acids is 3. The van der Waals surface area contributed by atoms with Crippen LogP contribution < -0.4 is 10.6 Å². The molecule has 2 aromatic rings. The molecular weight excluding hydrogens is 392 g/mol. The maximum Gasteiger partial charge on any atom is 0.325 e. The molecular formula is C22H25ClN2O4. The topological polar surface area (TPSA) is 84.5 Å². The van der Waals surface area contributed by atoms with Crippen molar-refractivity contribution in [2.24, 2.45) is 0 Å². The molecule has 29 heavy (non-hydrogen) atoms. The van der Waals surface area contributed by atoms with Gasteiger partial charge in [-0.1, -0.05) is 62.7 Å². The maximum absolute atomic E-state index is 12.1. The van der Waals surface area contributed by atoms with E-state index >= 15 is 0 Å². The van der Waals surface area contributed by atoms with Crippen molar-refractivity contribution in [3.63, 3.8) is 0 Å². The SMILES string of the molecule is CC(C)(C)c1ccc(C(=O)NCC(=O)OCC(=O)NCc2ccccc2Cl)cc1. The van der Waals surface area contributed by atoms with Crippen LogP contribution >= 0.6 is 11.6 Å². The molecule has 0 unspecified atom stereocenters. The van der Waals surface area contributed by atoms with Gasteiger partial charge in [-0.25, -0.2) is 0 Å². The van der Waals surface area contributed by atoms with E-state index in [1.54, 1.807) is 30.3 Å². The van der Waals surface area contributed by atoms with Gasteiger partial charge in [0.1, 0.15) is 6.54 Å². The lowest BCUT2D eigenvalue weighted by atomic mass is 9.87. The minimum absolute atomic E-state index is 0.00870. The summed E-state index contributed by atoms with van der Waals surface area (Å²) in [6.07, 6.45) is 0. The predicted molar refractivity (Wildman–Crippen MR) is 112 cm³/mol. The van der Waals surface area contributed by atoms with Crippen molar-refractivity contribution < 1.29 is 19.1 Å². The fourth-order valence-electron chi connectivity index (χ4n) is 2.46. The zero-order chi connectivity index (χ0) is 21.4. The molecule has 2 N–H and O–H groups in total. The highest BCUT2D eigenvalue weighted by Gasteiger charge is 2.15. The Morgan fingerprint density at radius 1 is 0.966 bits per heavy atom. The average Bonchev–Trinajstić information content (AvgIpc) is 2.69. The largest absolute Gasteiger partial charge is 0.454 e. The number of benzene rings is 2. The molecule has 0 heterocycles. The van der Waals surface area contributed by atoms with Gasteiger partial charge in [0.2, 0.25) is 0 Å². The molecule has 2 rings (SSSR count). The second-order valence-electron chi connectivity index (χ2n) is 7.54. The van der Waals surface area contributed by atoms with Crippen LogP contribution in [0.4, 0.5) is 0 Å². The van der Waals surface area contributed by atoms with Crippen molar-refractivity contribution in [3.05, 3.63) is 70.2 Å². The highest BCUT2D eigenvalue weighted by atomic mass is 35.5. The maximum atomic E-state index is 12.1. The zero-order valence-corrected chi connectivity index (χ0v) is 17.5. The first kappa shape index (κ1) is 22.4. The molecule has 0 aliphatic heterocycles. The van der Waals surface area contributed by atoms with E-state index in [0.29, 0.717) is 10.6 Å². The Labute approximate surface area is 175 Å². The summed E-state index contributed by atoms with van der Waals surface area (Å²) < 4.78 is 4.87. The van der Waals surface area contributed by atoms with Crippen molar-refractivity contribution in [3.8, 4) is 0 Å². The minimum atomic E-state index is -0.697. The van der Waals surface area contributed by atoms with E-state index in [0.717, 1.165) is 11.1 Å². The summed E-state index contributed by atoms with van der Waals surface area (Å²) >= 11 is 6.01. The number of carbonyl (C=O) groups is 3. The van der Waals surface area contributed by atoms with Gasteiger partial charge in [-0.2, -0.15) is 0 Å². The predicted octanol–water partition coefficient (Wildman–Crippen LogP) is 3.23. The van der Waals surface area contributed by atoms with Gasteiger partial charge in [0.05, 0.1) is 0 Å². The van der Waals surface area contributed by atoms with E-state index in [1.165, 1.54) is 0 Å². The van der Waals surface area contributed by atoms with E-state index < -0.39 is 18.5 Å². The normalized spacial score (nSPS) is 10.9. The monoisotopic (exact) mass is 416 g/mol. The molecule has 0 radical (unpaired) electrons. The number of rotatable bonds is 7. The Balaban J connectivity index is 1.71. The van der Waals surface area contributed by atoms with E-state index in [9.17, 15) is 14.4 Å². The van der Waals surface area contributed by atoms with Crippen LogP contribution in [0.15, 0.2) is 48.5 Å². The summed E-state index contributed by atoms with van der Waals surface area (Å²) in [5.41, 5.74) is 2.31. The van der Waals surface area contributed by atoms with Crippen LogP contribution in [0.25, 0.3) is 0 Å². The number of halogens is 1. The molecule has 0 saturated heterocycles. The van der Waals surface area contributed by atoms with E-state index in [2.05, 4.69) is 31.4 Å². The van der Waals surface area contributed by atoms with Crippen LogP contribution in [0.5, 0.6) is 0 Å². The lowest BCUT2D eigenvalue weighted by molar-refractivity contribution is -0.147. The van der Waals surface area contributed by atoms with E-state index in [4.69, 9.17) is 16.3 Å². The van der Waals surface area contributed by atoms with Crippen molar-refractivity contribution in [2.75, 3.05) is 13.2 Å². The van der Waals surface area contributed by atoms with Gasteiger partial charge < -0.3 is 15.4 Å². The fraction of sp³-hybridized carbons (Fsp3) is 0.318. The molecule has 6 nitrogen and oxygen atoms in total. The first-order chi connectivity index (χ1) is 13.7. The van der Waals surface area contributed by atoms with E-state index in [-0.39, 0.29) is 24.4 Å². The Morgan fingerprint density at radius 2 is 1.62 bits per heavy atom. The number of hydrogen-bond donors (Lipinski definition) is 2. The first-order valence-electron chi connectivity index (χ1n) is 9.21. The van der Waals surface area contributed by atoms with Crippen LogP contribution in [0.1, 0.15) is 42.3 Å². The van der Waals surface area contributed by atoms with Crippen molar-refractivity contribution >= 4 is 29.4 Å². The molecule has 0 saturated carbocycles. The molecule has 0 fully saturated rings. The number of ether oxygens (including phenoxy) is 1. The molecule has 2 amide bonds. The van der Waals surface area contributed by atoms with Gasteiger partial charge in [-0.05, 0) is 34.7 Å². The van der Waals surface area contributed by atoms with Gasteiger partial charge in [0.15, 0.2) is 6.61 Å². The summed E-state index contributed by atoms with van der Waals surface area (Å²) in [6.45, 7) is 5.74. The van der Waals surface area contributed by atoms with Crippen LogP contribution in [-0.2, 0) is 26.3 Å². The lowest BCUT2D eigenvalue weighted by Gasteiger charge is -2.19. The zero-order valence-electron chi connectivity index (χ0n) is 16.8. The molecule has 7 heteroatoms. The van der Waals surface area contributed by atoms with Crippen LogP contribution in [0, 0.1) is 0 Å². The summed E-state index contributed by atoms with van der Waals surface area (Å²) in [5.74, 6) is -1.54. The van der Waals surface area contributed by atoms with Crippen LogP contribution in [-0.4, -0.2) is 30.9 Å². The molecule has 0 spiro atoms. The Kier molecular flexibility index (Phi) is 7.79. The third kappa shape index (κ3) is 7.23. The van der Waals surface area contributed by atoms with Crippen LogP contribution in [0.2, 0.25) is 5.02 Å². The van der Waals surface area contributed by atoms with Crippen molar-refractivity contribution in [1.29, 1.82) is 0 Å². The second-order valence-corrected chi connectivity index (χ2v) is 7.95. The molecule has 0 aliphatic rings. The lowest BCUT2D eigenvalue weighted by Crippen LogP contribution is -2.33. The molecule has 0 aliphatic carbocycles. The molecule has 2 aromatic carbocycles. The number of hydrogen-bond acceptors (Lipinski definition) is 4. The number of esters is 1. The first-order valence-corrected chi connectivity index (χ1v) is 9.59. The van der Waals surface area contributed by atoms with Crippen molar-refractivity contribution in [1.82, 2.24) is 10.6 Å². The summed E-state index contributed by atoms with van der Waals surface area (Å²) in [7, 11) is 0. The molecule has 0 bridgehead atoms. The third-order valence-corrected chi connectivity index (χ3v) is 4.57. The third-order valence-electron chi connectivity index (χ3n) is 4.20. The van der Waals surface area contributed by atoms with Gasteiger partial charge in [0.25, 0.3) is 11.8 Å². The van der Waals surface area contributed by atoms with Gasteiger partial charge >= 0.3 is 5.97 Å². The van der Waals surface area contributed by atoms with Crippen LogP contribution in [0.3, 0.4) is 0 Å². The Morgan fingerprint density at radius 3 is 2.24 bits per heavy atom. The van der Waals surface area contributed by atoms with E-state index in [1.807, 2.05) is 18.2 Å².